The minimum Gasteiger partial charge on any atom is -0.465 e. The lowest BCUT2D eigenvalue weighted by Crippen LogP contribution is -2.34. The van der Waals surface area contributed by atoms with E-state index in [1.165, 1.54) is 37.0 Å². The Morgan fingerprint density at radius 1 is 1.13 bits per heavy atom. The molecule has 168 valence electrons. The Morgan fingerprint density at radius 2 is 1.74 bits per heavy atom. The number of carbonyl (C=O) groups is 5. The van der Waals surface area contributed by atoms with Crippen LogP contribution in [0.4, 0.5) is 5.00 Å². The van der Waals surface area contributed by atoms with Crippen LogP contribution in [0, 0.1) is 12.3 Å². The predicted octanol–water partition coefficient (Wildman–Crippen LogP) is 2.60. The number of ketones is 1. The van der Waals surface area contributed by atoms with Gasteiger partial charge in [-0.2, -0.15) is 0 Å². The fraction of sp³-hybridized carbons (Fsp3) is 0.450. The summed E-state index contributed by atoms with van der Waals surface area (Å²) in [5, 5.41) is 3.08. The Bertz CT molecular complexity index is 973. The number of rotatable bonds is 6. The van der Waals surface area contributed by atoms with E-state index >= 15 is 0 Å². The molecule has 1 aromatic heterocycles. The minimum absolute atomic E-state index is 0.0436. The molecule has 0 aromatic carbocycles. The van der Waals surface area contributed by atoms with Crippen LogP contribution in [-0.4, -0.2) is 61.0 Å². The summed E-state index contributed by atoms with van der Waals surface area (Å²) in [5.41, 5.74) is -0.258. The van der Waals surface area contributed by atoms with Gasteiger partial charge >= 0.3 is 11.9 Å². The highest BCUT2D eigenvalue weighted by molar-refractivity contribution is 8.04. The van der Waals surface area contributed by atoms with E-state index in [4.69, 9.17) is 9.47 Å². The molecule has 11 heteroatoms. The van der Waals surface area contributed by atoms with E-state index in [-0.39, 0.29) is 39.4 Å². The number of ether oxygens (including phenoxy) is 2. The lowest BCUT2D eigenvalue weighted by molar-refractivity contribution is -0.129. The fourth-order valence-electron chi connectivity index (χ4n) is 2.58. The predicted molar refractivity (Wildman–Crippen MR) is 117 cm³/mol. The molecule has 1 fully saturated rings. The molecule has 0 atom stereocenters. The van der Waals surface area contributed by atoms with Gasteiger partial charge in [-0.15, -0.1) is 11.3 Å². The zero-order valence-electron chi connectivity index (χ0n) is 18.1. The van der Waals surface area contributed by atoms with Crippen molar-refractivity contribution in [3.63, 3.8) is 0 Å². The number of hydrogen-bond acceptors (Lipinski definition) is 9. The third-order valence-corrected chi connectivity index (χ3v) is 6.58. The molecule has 1 aliphatic heterocycles. The third-order valence-electron chi connectivity index (χ3n) is 4.37. The van der Waals surface area contributed by atoms with Crippen LogP contribution < -0.4 is 5.32 Å². The molecule has 0 spiro atoms. The molecule has 1 aliphatic rings. The lowest BCUT2D eigenvalue weighted by Gasteiger charge is -2.19. The Hall–Kier alpha value is -2.66. The summed E-state index contributed by atoms with van der Waals surface area (Å²) in [6.45, 7) is 6.48. The highest BCUT2D eigenvalue weighted by Gasteiger charge is 2.32. The van der Waals surface area contributed by atoms with Crippen molar-refractivity contribution in [2.24, 2.45) is 5.41 Å². The molecule has 1 N–H and O–H groups in total. The Balaban J connectivity index is 2.28. The maximum absolute atomic E-state index is 12.7. The number of nitrogens with one attached hydrogen (secondary N) is 1. The average Bonchev–Trinajstić information content (AvgIpc) is 3.20. The van der Waals surface area contributed by atoms with Crippen LogP contribution in [0.15, 0.2) is 11.1 Å². The number of esters is 2. The maximum Gasteiger partial charge on any atom is 0.348 e. The number of carbonyl (C=O) groups excluding carboxylic acids is 5. The second-order valence-electron chi connectivity index (χ2n) is 7.66. The number of hydrogen-bond donors (Lipinski definition) is 1. The zero-order chi connectivity index (χ0) is 23.5. The summed E-state index contributed by atoms with van der Waals surface area (Å²) in [6, 6.07) is 0. The van der Waals surface area contributed by atoms with E-state index in [0.29, 0.717) is 10.6 Å². The van der Waals surface area contributed by atoms with Crippen molar-refractivity contribution in [1.29, 1.82) is 0 Å². The molecular formula is C20H24N2O7S2. The largest absolute Gasteiger partial charge is 0.465 e. The number of anilines is 1. The smallest absolute Gasteiger partial charge is 0.348 e. The number of methoxy groups -OCH3 is 2. The average molecular weight is 469 g/mol. The lowest BCUT2D eigenvalue weighted by atomic mass is 9.91. The van der Waals surface area contributed by atoms with Crippen molar-refractivity contribution in [1.82, 2.24) is 4.90 Å². The maximum atomic E-state index is 12.7. The summed E-state index contributed by atoms with van der Waals surface area (Å²) >= 11 is 2.06. The molecule has 0 saturated carbocycles. The number of nitrogens with zero attached hydrogens (tertiary/aromatic N) is 1. The van der Waals surface area contributed by atoms with Gasteiger partial charge in [-0.25, -0.2) is 9.59 Å². The van der Waals surface area contributed by atoms with E-state index in [2.05, 4.69) is 5.32 Å². The molecule has 31 heavy (non-hydrogen) atoms. The van der Waals surface area contributed by atoms with Crippen LogP contribution >= 0.6 is 23.1 Å². The van der Waals surface area contributed by atoms with Crippen LogP contribution in [-0.2, 0) is 23.9 Å². The van der Waals surface area contributed by atoms with Crippen molar-refractivity contribution in [3.05, 3.63) is 27.1 Å². The van der Waals surface area contributed by atoms with Gasteiger partial charge in [-0.3, -0.25) is 19.3 Å². The molecule has 1 saturated heterocycles. The quantitative estimate of drug-likeness (QED) is 0.500. The van der Waals surface area contributed by atoms with E-state index in [1.807, 2.05) is 0 Å². The van der Waals surface area contributed by atoms with E-state index in [0.717, 1.165) is 11.3 Å². The zero-order valence-corrected chi connectivity index (χ0v) is 19.7. The molecule has 2 rings (SSSR count). The molecular weight excluding hydrogens is 444 g/mol. The van der Waals surface area contributed by atoms with Crippen LogP contribution in [0.3, 0.4) is 0 Å². The third kappa shape index (κ3) is 5.53. The van der Waals surface area contributed by atoms with Crippen LogP contribution in [0.2, 0.25) is 0 Å². The van der Waals surface area contributed by atoms with Gasteiger partial charge in [-0.05, 0) is 12.5 Å². The monoisotopic (exact) mass is 468 g/mol. The first-order valence-corrected chi connectivity index (χ1v) is 11.0. The first-order valence-electron chi connectivity index (χ1n) is 9.19. The molecule has 0 unspecified atom stereocenters. The number of thiophene rings is 1. The second kappa shape index (κ2) is 9.65. The van der Waals surface area contributed by atoms with Gasteiger partial charge < -0.3 is 14.8 Å². The summed E-state index contributed by atoms with van der Waals surface area (Å²) in [5.74, 6) is -2.31. The van der Waals surface area contributed by atoms with Gasteiger partial charge in [-0.1, -0.05) is 32.5 Å². The number of thioether (sulfide) groups is 1. The highest BCUT2D eigenvalue weighted by atomic mass is 32.2. The summed E-state index contributed by atoms with van der Waals surface area (Å²) < 4.78 is 9.47. The first kappa shape index (κ1) is 24.6. The number of amides is 2. The highest BCUT2D eigenvalue weighted by Crippen LogP contribution is 2.35. The SMILES string of the molecule is COC(=O)c1sc(NC(=O)CN2C(=O)CSC2=CC(=O)C(C)(C)C)c(C(=O)OC)c1C. The van der Waals surface area contributed by atoms with Gasteiger partial charge in [0.2, 0.25) is 11.8 Å². The van der Waals surface area contributed by atoms with Gasteiger partial charge in [0.15, 0.2) is 5.78 Å². The molecule has 0 bridgehead atoms. The van der Waals surface area contributed by atoms with Gasteiger partial charge in [0, 0.05) is 11.5 Å². The minimum atomic E-state index is -0.719. The van der Waals surface area contributed by atoms with Crippen molar-refractivity contribution >= 4 is 57.6 Å². The van der Waals surface area contributed by atoms with E-state index in [9.17, 15) is 24.0 Å². The van der Waals surface area contributed by atoms with E-state index < -0.39 is 23.3 Å². The molecule has 0 radical (unpaired) electrons. The molecule has 2 amide bonds. The van der Waals surface area contributed by atoms with Crippen LogP contribution in [0.1, 0.15) is 46.4 Å². The van der Waals surface area contributed by atoms with Gasteiger partial charge in [0.1, 0.15) is 16.4 Å². The molecule has 2 heterocycles. The summed E-state index contributed by atoms with van der Waals surface area (Å²) in [6.07, 6.45) is 1.37. The fourth-order valence-corrected chi connectivity index (χ4v) is 4.64. The molecule has 1 aromatic rings. The first-order chi connectivity index (χ1) is 14.4. The van der Waals surface area contributed by atoms with Crippen LogP contribution in [0.25, 0.3) is 0 Å². The van der Waals surface area contributed by atoms with Crippen LogP contribution in [0.5, 0.6) is 0 Å². The van der Waals surface area contributed by atoms with E-state index in [1.54, 1.807) is 27.7 Å². The normalized spacial score (nSPS) is 15.2. The summed E-state index contributed by atoms with van der Waals surface area (Å²) in [4.78, 5) is 62.8. The number of allylic oxidation sites excluding steroid dienone is 1. The topological polar surface area (TPSA) is 119 Å². The molecule has 0 aliphatic carbocycles. The Morgan fingerprint density at radius 3 is 2.29 bits per heavy atom. The Labute approximate surface area is 188 Å². The van der Waals surface area contributed by atoms with Crippen molar-refractivity contribution < 1.29 is 33.4 Å². The van der Waals surface area contributed by atoms with Crippen molar-refractivity contribution in [3.8, 4) is 0 Å². The van der Waals surface area contributed by atoms with Gasteiger partial charge in [0.25, 0.3) is 0 Å². The summed E-state index contributed by atoms with van der Waals surface area (Å²) in [7, 11) is 2.40. The second-order valence-corrected chi connectivity index (χ2v) is 9.67. The van der Waals surface area contributed by atoms with Crippen molar-refractivity contribution in [2.75, 3.05) is 31.8 Å². The molecule has 9 nitrogen and oxygen atoms in total. The Kier molecular flexibility index (Phi) is 7.66. The van der Waals surface area contributed by atoms with Crippen molar-refractivity contribution in [2.45, 2.75) is 27.7 Å². The van der Waals surface area contributed by atoms with Gasteiger partial charge in [0.05, 0.1) is 30.6 Å². The standard InChI is InChI=1S/C20H24N2O7S2/c1-10-15(18(26)28-5)17(31-16(10)19(27)29-6)21-12(24)8-22-13(25)9-30-14(22)7-11(23)20(2,3)4/h7H,8-9H2,1-6H3,(H,21,24).